The SMILES string of the molecule is C=C1CCCC2CCCC1(O)C2. The van der Waals surface area contributed by atoms with Gasteiger partial charge >= 0.3 is 0 Å². The fraction of sp³-hybridized carbons (Fsp3) is 0.818. The molecule has 2 aliphatic rings. The molecule has 0 aliphatic heterocycles. The Bertz CT molecular complexity index is 197. The van der Waals surface area contributed by atoms with E-state index in [1.807, 2.05) is 0 Å². The minimum Gasteiger partial charge on any atom is -0.386 e. The zero-order chi connectivity index (χ0) is 8.60. The third-order valence-electron chi connectivity index (χ3n) is 3.58. The molecule has 2 unspecified atom stereocenters. The van der Waals surface area contributed by atoms with Gasteiger partial charge in [-0.1, -0.05) is 19.4 Å². The van der Waals surface area contributed by atoms with Gasteiger partial charge in [0.05, 0.1) is 5.60 Å². The minimum atomic E-state index is -0.473. The van der Waals surface area contributed by atoms with Crippen LogP contribution in [0.25, 0.3) is 0 Å². The van der Waals surface area contributed by atoms with Crippen molar-refractivity contribution >= 4 is 0 Å². The van der Waals surface area contributed by atoms with E-state index < -0.39 is 5.60 Å². The van der Waals surface area contributed by atoms with Crippen LogP contribution in [-0.4, -0.2) is 10.7 Å². The molecule has 2 rings (SSSR count). The summed E-state index contributed by atoms with van der Waals surface area (Å²) < 4.78 is 0. The number of rotatable bonds is 0. The Morgan fingerprint density at radius 3 is 2.92 bits per heavy atom. The van der Waals surface area contributed by atoms with Crippen LogP contribution in [0, 0.1) is 5.92 Å². The van der Waals surface area contributed by atoms with E-state index in [4.69, 9.17) is 0 Å². The monoisotopic (exact) mass is 166 g/mol. The van der Waals surface area contributed by atoms with E-state index in [-0.39, 0.29) is 0 Å². The summed E-state index contributed by atoms with van der Waals surface area (Å²) in [6.07, 6.45) is 8.07. The Morgan fingerprint density at radius 2 is 2.08 bits per heavy atom. The van der Waals surface area contributed by atoms with Crippen LogP contribution in [0.5, 0.6) is 0 Å². The molecule has 12 heavy (non-hydrogen) atoms. The fourth-order valence-corrected chi connectivity index (χ4v) is 2.77. The van der Waals surface area contributed by atoms with E-state index in [2.05, 4.69) is 6.58 Å². The van der Waals surface area contributed by atoms with E-state index in [1.54, 1.807) is 0 Å². The molecular weight excluding hydrogens is 148 g/mol. The quantitative estimate of drug-likeness (QED) is 0.548. The number of hydrogen-bond donors (Lipinski definition) is 1. The van der Waals surface area contributed by atoms with Gasteiger partial charge in [0.15, 0.2) is 0 Å². The van der Waals surface area contributed by atoms with Crippen molar-refractivity contribution in [2.45, 2.75) is 50.5 Å². The predicted octanol–water partition coefficient (Wildman–Crippen LogP) is 2.65. The highest BCUT2D eigenvalue weighted by molar-refractivity contribution is 5.15. The van der Waals surface area contributed by atoms with E-state index >= 15 is 0 Å². The highest BCUT2D eigenvalue weighted by Crippen LogP contribution is 2.43. The van der Waals surface area contributed by atoms with Crippen molar-refractivity contribution in [3.05, 3.63) is 12.2 Å². The first-order valence-electron chi connectivity index (χ1n) is 5.11. The molecule has 0 aromatic rings. The smallest absolute Gasteiger partial charge is 0.0856 e. The summed E-state index contributed by atoms with van der Waals surface area (Å²) >= 11 is 0. The summed E-state index contributed by atoms with van der Waals surface area (Å²) in [5.74, 6) is 0.781. The van der Waals surface area contributed by atoms with E-state index in [9.17, 15) is 5.11 Å². The van der Waals surface area contributed by atoms with Crippen molar-refractivity contribution < 1.29 is 5.11 Å². The molecule has 0 heterocycles. The van der Waals surface area contributed by atoms with Crippen LogP contribution >= 0.6 is 0 Å². The summed E-state index contributed by atoms with van der Waals surface area (Å²) in [4.78, 5) is 0. The molecule has 1 nitrogen and oxygen atoms in total. The summed E-state index contributed by atoms with van der Waals surface area (Å²) in [5, 5.41) is 10.3. The second-order valence-electron chi connectivity index (χ2n) is 4.49. The van der Waals surface area contributed by atoms with Gasteiger partial charge in [-0.05, 0) is 43.6 Å². The van der Waals surface area contributed by atoms with Crippen molar-refractivity contribution in [3.63, 3.8) is 0 Å². The first-order valence-corrected chi connectivity index (χ1v) is 5.11. The number of hydrogen-bond acceptors (Lipinski definition) is 1. The average molecular weight is 166 g/mol. The molecule has 1 N–H and O–H groups in total. The third kappa shape index (κ3) is 1.31. The Kier molecular flexibility index (Phi) is 1.99. The Morgan fingerprint density at radius 1 is 1.33 bits per heavy atom. The van der Waals surface area contributed by atoms with Crippen molar-refractivity contribution in [1.82, 2.24) is 0 Å². The largest absolute Gasteiger partial charge is 0.386 e. The zero-order valence-electron chi connectivity index (χ0n) is 7.68. The minimum absolute atomic E-state index is 0.473. The topological polar surface area (TPSA) is 20.2 Å². The van der Waals surface area contributed by atoms with Gasteiger partial charge in [0.25, 0.3) is 0 Å². The standard InChI is InChI=1S/C11H18O/c1-9-4-2-5-10-6-3-7-11(9,12)8-10/h10,12H,1-8H2. The number of aliphatic hydroxyl groups is 1. The molecular formula is C11H18O. The molecule has 2 fully saturated rings. The average Bonchev–Trinajstić information content (AvgIpc) is 2.12. The zero-order valence-corrected chi connectivity index (χ0v) is 7.68. The van der Waals surface area contributed by atoms with Gasteiger partial charge in [0.1, 0.15) is 0 Å². The van der Waals surface area contributed by atoms with Crippen LogP contribution < -0.4 is 0 Å². The van der Waals surface area contributed by atoms with E-state index in [1.165, 1.54) is 25.7 Å². The molecule has 2 bridgehead atoms. The summed E-state index contributed by atoms with van der Waals surface area (Å²) in [7, 11) is 0. The van der Waals surface area contributed by atoms with Crippen molar-refractivity contribution in [2.24, 2.45) is 5.92 Å². The second kappa shape index (κ2) is 2.88. The maximum absolute atomic E-state index is 10.3. The lowest BCUT2D eigenvalue weighted by atomic mass is 9.76. The van der Waals surface area contributed by atoms with Crippen LogP contribution in [0.3, 0.4) is 0 Å². The van der Waals surface area contributed by atoms with Crippen LogP contribution in [0.1, 0.15) is 44.9 Å². The van der Waals surface area contributed by atoms with Gasteiger partial charge < -0.3 is 5.11 Å². The summed E-state index contributed by atoms with van der Waals surface area (Å²) in [5.41, 5.74) is 0.629. The molecule has 0 spiro atoms. The highest BCUT2D eigenvalue weighted by atomic mass is 16.3. The van der Waals surface area contributed by atoms with Crippen molar-refractivity contribution in [1.29, 1.82) is 0 Å². The van der Waals surface area contributed by atoms with Gasteiger partial charge in [-0.3, -0.25) is 0 Å². The summed E-state index contributed by atoms with van der Waals surface area (Å²) in [6, 6.07) is 0. The van der Waals surface area contributed by atoms with Gasteiger partial charge in [0, 0.05) is 0 Å². The first-order chi connectivity index (χ1) is 5.71. The van der Waals surface area contributed by atoms with Crippen LogP contribution in [0.15, 0.2) is 12.2 Å². The molecule has 2 saturated carbocycles. The Labute approximate surface area is 74.5 Å². The van der Waals surface area contributed by atoms with Crippen LogP contribution in [-0.2, 0) is 0 Å². The van der Waals surface area contributed by atoms with Gasteiger partial charge in [-0.25, -0.2) is 0 Å². The van der Waals surface area contributed by atoms with Gasteiger partial charge in [-0.15, -0.1) is 0 Å². The van der Waals surface area contributed by atoms with Crippen molar-refractivity contribution in [2.75, 3.05) is 0 Å². The molecule has 2 atom stereocenters. The lowest BCUT2D eigenvalue weighted by Crippen LogP contribution is -2.35. The molecule has 0 saturated heterocycles. The molecule has 68 valence electrons. The predicted molar refractivity (Wildman–Crippen MR) is 49.9 cm³/mol. The maximum Gasteiger partial charge on any atom is 0.0856 e. The molecule has 0 aromatic carbocycles. The maximum atomic E-state index is 10.3. The normalized spacial score (nSPS) is 42.4. The van der Waals surface area contributed by atoms with E-state index in [0.717, 1.165) is 30.8 Å². The van der Waals surface area contributed by atoms with Gasteiger partial charge in [0.2, 0.25) is 0 Å². The molecule has 1 heteroatoms. The van der Waals surface area contributed by atoms with E-state index in [0.29, 0.717) is 0 Å². The molecule has 0 amide bonds. The van der Waals surface area contributed by atoms with Crippen LogP contribution in [0.4, 0.5) is 0 Å². The lowest BCUT2D eigenvalue weighted by Gasteiger charge is -2.35. The highest BCUT2D eigenvalue weighted by Gasteiger charge is 2.37. The second-order valence-corrected chi connectivity index (χ2v) is 4.49. The fourth-order valence-electron chi connectivity index (χ4n) is 2.77. The van der Waals surface area contributed by atoms with Crippen molar-refractivity contribution in [3.8, 4) is 0 Å². The van der Waals surface area contributed by atoms with Gasteiger partial charge in [-0.2, -0.15) is 0 Å². The third-order valence-corrected chi connectivity index (χ3v) is 3.58. The molecule has 2 aliphatic carbocycles. The molecule has 0 radical (unpaired) electrons. The molecule has 0 aromatic heterocycles. The summed E-state index contributed by atoms with van der Waals surface area (Å²) in [6.45, 7) is 4.02. The Balaban J connectivity index is 2.20. The van der Waals surface area contributed by atoms with Crippen LogP contribution in [0.2, 0.25) is 0 Å². The lowest BCUT2D eigenvalue weighted by molar-refractivity contribution is 0.0210. The first kappa shape index (κ1) is 8.31. The Hall–Kier alpha value is -0.300. The number of fused-ring (bicyclic) bond motifs is 2.